The molecule has 0 amide bonds. The van der Waals surface area contributed by atoms with Crippen LogP contribution in [0.3, 0.4) is 0 Å². The van der Waals surface area contributed by atoms with E-state index in [0.717, 1.165) is 35.5 Å². The van der Waals surface area contributed by atoms with E-state index in [1.807, 2.05) is 13.0 Å². The molecule has 0 N–H and O–H groups in total. The summed E-state index contributed by atoms with van der Waals surface area (Å²) in [5.41, 5.74) is 3.55. The number of hydrogen-bond donors (Lipinski definition) is 0. The molecule has 2 heterocycles. The molecule has 0 saturated heterocycles. The molecule has 0 spiro atoms. The van der Waals surface area contributed by atoms with Crippen molar-refractivity contribution in [2.24, 2.45) is 23.2 Å². The van der Waals surface area contributed by atoms with Crippen molar-refractivity contribution in [3.05, 3.63) is 28.7 Å². The Bertz CT molecular complexity index is 713. The quantitative estimate of drug-likeness (QED) is 0.766. The normalized spacial score (nSPS) is 36.4. The summed E-state index contributed by atoms with van der Waals surface area (Å²) in [4.78, 5) is 4.57. The van der Waals surface area contributed by atoms with Gasteiger partial charge in [-0.2, -0.15) is 5.10 Å². The summed E-state index contributed by atoms with van der Waals surface area (Å²) in [6.45, 7) is 1.98. The van der Waals surface area contributed by atoms with Crippen LogP contribution in [0.15, 0.2) is 12.1 Å². The highest BCUT2D eigenvalue weighted by Crippen LogP contribution is 2.60. The van der Waals surface area contributed by atoms with Gasteiger partial charge in [-0.05, 0) is 81.1 Å². The van der Waals surface area contributed by atoms with Crippen LogP contribution in [0.25, 0.3) is 5.65 Å². The molecule has 4 bridgehead atoms. The van der Waals surface area contributed by atoms with E-state index in [1.165, 1.54) is 44.2 Å². The molecule has 4 aliphatic rings. The Labute approximate surface area is 136 Å². The van der Waals surface area contributed by atoms with Crippen molar-refractivity contribution < 1.29 is 0 Å². The number of halogens is 1. The lowest BCUT2D eigenvalue weighted by Gasteiger charge is -2.56. The third-order valence-corrected chi connectivity index (χ3v) is 6.55. The second-order valence-electron chi connectivity index (χ2n) is 8.22. The van der Waals surface area contributed by atoms with E-state index < -0.39 is 0 Å². The molecule has 0 unspecified atom stereocenters. The second kappa shape index (κ2) is 4.47. The SMILES string of the molecule is Cc1cc(Cl)n2nc(CC34CC5CC(CC(C5)C3)C4)cc2n1. The van der Waals surface area contributed by atoms with E-state index in [-0.39, 0.29) is 0 Å². The van der Waals surface area contributed by atoms with Gasteiger partial charge < -0.3 is 0 Å². The molecule has 0 aromatic carbocycles. The van der Waals surface area contributed by atoms with Gasteiger partial charge in [-0.1, -0.05) is 11.6 Å². The van der Waals surface area contributed by atoms with Crippen LogP contribution in [-0.4, -0.2) is 14.6 Å². The predicted molar refractivity (Wildman–Crippen MR) is 87.0 cm³/mol. The van der Waals surface area contributed by atoms with Crippen molar-refractivity contribution in [3.8, 4) is 0 Å². The van der Waals surface area contributed by atoms with Crippen molar-refractivity contribution in [2.75, 3.05) is 0 Å². The average Bonchev–Trinajstić information content (AvgIpc) is 2.78. The maximum Gasteiger partial charge on any atom is 0.157 e. The first-order valence-electron chi connectivity index (χ1n) is 8.60. The average molecular weight is 316 g/mol. The summed E-state index contributed by atoms with van der Waals surface area (Å²) in [6, 6.07) is 4.04. The minimum atomic E-state index is 0.522. The molecular formula is C18H22ClN3. The zero-order valence-corrected chi connectivity index (χ0v) is 13.8. The number of fused-ring (bicyclic) bond motifs is 1. The Morgan fingerprint density at radius 1 is 1.14 bits per heavy atom. The van der Waals surface area contributed by atoms with Gasteiger partial charge in [-0.3, -0.25) is 0 Å². The summed E-state index contributed by atoms with van der Waals surface area (Å²) in [5.74, 6) is 2.98. The number of hydrogen-bond acceptors (Lipinski definition) is 2. The lowest BCUT2D eigenvalue weighted by Crippen LogP contribution is -2.47. The van der Waals surface area contributed by atoms with E-state index in [4.69, 9.17) is 16.7 Å². The fraction of sp³-hybridized carbons (Fsp3) is 0.667. The monoisotopic (exact) mass is 315 g/mol. The van der Waals surface area contributed by atoms with Gasteiger partial charge >= 0.3 is 0 Å². The van der Waals surface area contributed by atoms with Crippen LogP contribution < -0.4 is 0 Å². The van der Waals surface area contributed by atoms with E-state index >= 15 is 0 Å². The molecular weight excluding hydrogens is 294 g/mol. The number of aryl methyl sites for hydroxylation is 1. The number of aromatic nitrogens is 3. The highest BCUT2D eigenvalue weighted by atomic mass is 35.5. The van der Waals surface area contributed by atoms with Gasteiger partial charge in [-0.25, -0.2) is 9.50 Å². The van der Waals surface area contributed by atoms with Crippen LogP contribution >= 0.6 is 11.6 Å². The summed E-state index contributed by atoms with van der Waals surface area (Å²) in [6.07, 6.45) is 9.88. The van der Waals surface area contributed by atoms with Crippen LogP contribution in [-0.2, 0) is 6.42 Å². The van der Waals surface area contributed by atoms with E-state index in [2.05, 4.69) is 11.1 Å². The molecule has 22 heavy (non-hydrogen) atoms. The Balaban J connectivity index is 1.50. The van der Waals surface area contributed by atoms with Gasteiger partial charge in [0.15, 0.2) is 5.65 Å². The lowest BCUT2D eigenvalue weighted by molar-refractivity contribution is -0.0526. The van der Waals surface area contributed by atoms with Gasteiger partial charge in [0, 0.05) is 11.8 Å². The first kappa shape index (κ1) is 13.4. The van der Waals surface area contributed by atoms with Gasteiger partial charge in [-0.15, -0.1) is 0 Å². The van der Waals surface area contributed by atoms with Crippen molar-refractivity contribution in [1.29, 1.82) is 0 Å². The molecule has 4 aliphatic carbocycles. The van der Waals surface area contributed by atoms with Crippen LogP contribution in [0.1, 0.15) is 49.9 Å². The molecule has 4 saturated carbocycles. The van der Waals surface area contributed by atoms with Crippen molar-refractivity contribution in [2.45, 2.75) is 51.9 Å². The van der Waals surface area contributed by atoms with Gasteiger partial charge in [0.05, 0.1) is 5.69 Å². The fourth-order valence-electron chi connectivity index (χ4n) is 6.08. The van der Waals surface area contributed by atoms with E-state index in [9.17, 15) is 0 Å². The first-order chi connectivity index (χ1) is 10.6. The summed E-state index contributed by atoms with van der Waals surface area (Å²) >= 11 is 6.31. The van der Waals surface area contributed by atoms with Gasteiger partial charge in [0.2, 0.25) is 0 Å². The Hall–Kier alpha value is -1.09. The summed E-state index contributed by atoms with van der Waals surface area (Å²) in [7, 11) is 0. The van der Waals surface area contributed by atoms with Crippen LogP contribution in [0.5, 0.6) is 0 Å². The summed E-state index contributed by atoms with van der Waals surface area (Å²) < 4.78 is 1.80. The molecule has 3 nitrogen and oxygen atoms in total. The zero-order chi connectivity index (χ0) is 14.9. The van der Waals surface area contributed by atoms with E-state index in [0.29, 0.717) is 10.6 Å². The molecule has 116 valence electrons. The highest BCUT2D eigenvalue weighted by Gasteiger charge is 2.50. The fourth-order valence-corrected chi connectivity index (χ4v) is 6.36. The van der Waals surface area contributed by atoms with Crippen LogP contribution in [0, 0.1) is 30.1 Å². The molecule has 4 fully saturated rings. The van der Waals surface area contributed by atoms with Crippen LogP contribution in [0.4, 0.5) is 0 Å². The highest BCUT2D eigenvalue weighted by molar-refractivity contribution is 6.29. The van der Waals surface area contributed by atoms with Crippen molar-refractivity contribution >= 4 is 17.2 Å². The topological polar surface area (TPSA) is 30.2 Å². The molecule has 2 aromatic heterocycles. The largest absolute Gasteiger partial charge is 0.234 e. The first-order valence-corrected chi connectivity index (χ1v) is 8.98. The van der Waals surface area contributed by atoms with Gasteiger partial charge in [0.25, 0.3) is 0 Å². The maximum atomic E-state index is 6.31. The van der Waals surface area contributed by atoms with E-state index in [1.54, 1.807) is 4.52 Å². The molecule has 0 atom stereocenters. The molecule has 0 radical (unpaired) electrons. The minimum absolute atomic E-state index is 0.522. The summed E-state index contributed by atoms with van der Waals surface area (Å²) in [5, 5.41) is 5.42. The third kappa shape index (κ3) is 2.01. The van der Waals surface area contributed by atoms with Crippen molar-refractivity contribution in [3.63, 3.8) is 0 Å². The Morgan fingerprint density at radius 3 is 2.41 bits per heavy atom. The third-order valence-electron chi connectivity index (χ3n) is 6.28. The smallest absolute Gasteiger partial charge is 0.157 e. The predicted octanol–water partition coefficient (Wildman–Crippen LogP) is 4.45. The maximum absolute atomic E-state index is 6.31. The molecule has 4 heteroatoms. The standard InChI is InChI=1S/C18H22ClN3/c1-11-2-16(19)22-17(20-11)6-15(21-22)10-18-7-12-3-13(8-18)5-14(4-12)9-18/h2,6,12-14H,3-5,7-10H2,1H3. The lowest BCUT2D eigenvalue weighted by atomic mass is 9.48. The van der Waals surface area contributed by atoms with Gasteiger partial charge in [0.1, 0.15) is 5.15 Å². The zero-order valence-electron chi connectivity index (χ0n) is 13.1. The second-order valence-corrected chi connectivity index (χ2v) is 8.61. The Morgan fingerprint density at radius 2 is 1.77 bits per heavy atom. The Kier molecular flexibility index (Phi) is 2.71. The molecule has 6 rings (SSSR count). The molecule has 2 aromatic rings. The minimum Gasteiger partial charge on any atom is -0.234 e. The number of nitrogens with zero attached hydrogens (tertiary/aromatic N) is 3. The van der Waals surface area contributed by atoms with Crippen molar-refractivity contribution in [1.82, 2.24) is 14.6 Å². The number of rotatable bonds is 2. The van der Waals surface area contributed by atoms with Crippen LogP contribution in [0.2, 0.25) is 5.15 Å². The molecule has 0 aliphatic heterocycles.